The van der Waals surface area contributed by atoms with Gasteiger partial charge in [-0.3, -0.25) is 4.90 Å². The fourth-order valence-electron chi connectivity index (χ4n) is 6.38. The lowest BCUT2D eigenvalue weighted by Gasteiger charge is -2.32. The van der Waals surface area contributed by atoms with Crippen LogP contribution in [-0.4, -0.2) is 60.8 Å². The Morgan fingerprint density at radius 2 is 1.54 bits per heavy atom. The minimum atomic E-state index is -0.167. The molecule has 37 heavy (non-hydrogen) atoms. The smallest absolute Gasteiger partial charge is 0.227 e. The Hall–Kier alpha value is -2.71. The van der Waals surface area contributed by atoms with Gasteiger partial charge >= 0.3 is 0 Å². The summed E-state index contributed by atoms with van der Waals surface area (Å²) in [7, 11) is 0. The highest BCUT2D eigenvalue weighted by Gasteiger charge is 2.25. The molecule has 0 bridgehead atoms. The molecule has 8 nitrogen and oxygen atoms in total. The molecule has 0 radical (unpaired) electrons. The van der Waals surface area contributed by atoms with Crippen LogP contribution >= 0.6 is 0 Å². The Kier molecular flexibility index (Phi) is 7.55. The van der Waals surface area contributed by atoms with E-state index in [1.165, 1.54) is 37.7 Å². The third-order valence-electron chi connectivity index (χ3n) is 8.60. The molecule has 6 rings (SSSR count). The van der Waals surface area contributed by atoms with Crippen LogP contribution in [0.5, 0.6) is 0 Å². The summed E-state index contributed by atoms with van der Waals surface area (Å²) >= 11 is 0. The molecule has 2 aromatic heterocycles. The summed E-state index contributed by atoms with van der Waals surface area (Å²) in [5.74, 6) is 1.55. The van der Waals surface area contributed by atoms with E-state index in [1.807, 2.05) is 6.33 Å². The first-order valence-electron chi connectivity index (χ1n) is 14.4. The maximum atomic E-state index is 9.93. The SMILES string of the molecule is OC1CCC(Nc2nc(NC3CCN(Cc4ccccc4)CC3)c3ncn(C4CCCCC4)c3n2)CC1. The van der Waals surface area contributed by atoms with Gasteiger partial charge in [0.15, 0.2) is 17.0 Å². The molecule has 0 atom stereocenters. The number of likely N-dealkylation sites (tertiary alicyclic amines) is 1. The van der Waals surface area contributed by atoms with Crippen molar-refractivity contribution in [3.05, 3.63) is 42.2 Å². The maximum Gasteiger partial charge on any atom is 0.227 e. The molecule has 2 saturated carbocycles. The molecule has 3 aliphatic rings. The number of hydrogen-bond donors (Lipinski definition) is 3. The Morgan fingerprint density at radius 1 is 0.811 bits per heavy atom. The Morgan fingerprint density at radius 3 is 2.30 bits per heavy atom. The fourth-order valence-corrected chi connectivity index (χ4v) is 6.38. The van der Waals surface area contributed by atoms with Crippen molar-refractivity contribution in [2.24, 2.45) is 0 Å². The van der Waals surface area contributed by atoms with E-state index in [0.29, 0.717) is 24.1 Å². The molecule has 0 unspecified atom stereocenters. The number of aliphatic hydroxyl groups excluding tert-OH is 1. The topological polar surface area (TPSA) is 91.1 Å². The molecule has 3 N–H and O–H groups in total. The van der Waals surface area contributed by atoms with Gasteiger partial charge in [-0.15, -0.1) is 0 Å². The van der Waals surface area contributed by atoms with Crippen molar-refractivity contribution in [3.8, 4) is 0 Å². The lowest BCUT2D eigenvalue weighted by atomic mass is 9.93. The Bertz CT molecular complexity index is 1140. The van der Waals surface area contributed by atoms with Crippen LogP contribution in [0.1, 0.15) is 82.2 Å². The van der Waals surface area contributed by atoms with Crippen LogP contribution in [0.15, 0.2) is 36.7 Å². The monoisotopic (exact) mass is 503 g/mol. The number of aromatic nitrogens is 4. The highest BCUT2D eigenvalue weighted by Crippen LogP contribution is 2.33. The van der Waals surface area contributed by atoms with Crippen LogP contribution in [0, 0.1) is 0 Å². The molecule has 198 valence electrons. The van der Waals surface area contributed by atoms with Crippen LogP contribution in [0.4, 0.5) is 11.8 Å². The third kappa shape index (κ3) is 5.91. The largest absolute Gasteiger partial charge is 0.393 e. The molecule has 0 spiro atoms. The van der Waals surface area contributed by atoms with Crippen molar-refractivity contribution in [2.45, 2.75) is 101 Å². The summed E-state index contributed by atoms with van der Waals surface area (Å²) < 4.78 is 2.31. The molecule has 1 saturated heterocycles. The molecule has 2 aliphatic carbocycles. The molecule has 3 fully saturated rings. The summed E-state index contributed by atoms with van der Waals surface area (Å²) in [5, 5.41) is 17.3. The Labute approximate surface area is 219 Å². The summed E-state index contributed by atoms with van der Waals surface area (Å²) in [4.78, 5) is 17.4. The number of anilines is 2. The molecule has 0 amide bonds. The molecule has 1 aromatic carbocycles. The van der Waals surface area contributed by atoms with Crippen LogP contribution in [0.2, 0.25) is 0 Å². The second-order valence-corrected chi connectivity index (χ2v) is 11.3. The standard InChI is InChI=1S/C29H41N7O/c37-25-13-11-22(12-14-25)32-29-33-27(26-28(34-29)36(20-30-26)24-9-5-2-6-10-24)31-23-15-17-35(18-16-23)19-21-7-3-1-4-8-21/h1,3-4,7-8,20,22-25,37H,2,5-6,9-19H2,(H2,31,32,33,34). The number of nitrogens with one attached hydrogen (secondary N) is 2. The van der Waals surface area contributed by atoms with Crippen LogP contribution in [0.25, 0.3) is 11.2 Å². The molecule has 8 heteroatoms. The van der Waals surface area contributed by atoms with Crippen molar-refractivity contribution < 1.29 is 5.11 Å². The van der Waals surface area contributed by atoms with Gasteiger partial charge in [-0.2, -0.15) is 9.97 Å². The van der Waals surface area contributed by atoms with Crippen LogP contribution in [-0.2, 0) is 6.54 Å². The first-order chi connectivity index (χ1) is 18.2. The average Bonchev–Trinajstić information content (AvgIpc) is 3.37. The third-order valence-corrected chi connectivity index (χ3v) is 8.60. The number of piperidine rings is 1. The maximum absolute atomic E-state index is 9.93. The zero-order chi connectivity index (χ0) is 25.0. The zero-order valence-electron chi connectivity index (χ0n) is 21.9. The van der Waals surface area contributed by atoms with E-state index in [0.717, 1.165) is 75.1 Å². The number of imidazole rings is 1. The first-order valence-corrected chi connectivity index (χ1v) is 14.4. The Balaban J connectivity index is 1.19. The van der Waals surface area contributed by atoms with Gasteiger partial charge in [0.1, 0.15) is 0 Å². The van der Waals surface area contributed by atoms with E-state index in [2.05, 4.69) is 50.4 Å². The number of rotatable bonds is 7. The van der Waals surface area contributed by atoms with Crippen molar-refractivity contribution in [2.75, 3.05) is 23.7 Å². The summed E-state index contributed by atoms with van der Waals surface area (Å²) in [5.41, 5.74) is 3.22. The number of nitrogens with zero attached hydrogens (tertiary/aromatic N) is 5. The summed E-state index contributed by atoms with van der Waals surface area (Å²) in [6.07, 6.45) is 13.9. The van der Waals surface area contributed by atoms with Gasteiger partial charge in [0, 0.05) is 37.8 Å². The molecule has 1 aliphatic heterocycles. The van der Waals surface area contributed by atoms with Gasteiger partial charge in [-0.05, 0) is 56.9 Å². The minimum absolute atomic E-state index is 0.167. The molecule has 3 heterocycles. The van der Waals surface area contributed by atoms with Gasteiger partial charge in [0.25, 0.3) is 0 Å². The predicted octanol–water partition coefficient (Wildman–Crippen LogP) is 5.12. The second kappa shape index (κ2) is 11.4. The zero-order valence-corrected chi connectivity index (χ0v) is 21.9. The second-order valence-electron chi connectivity index (χ2n) is 11.3. The van der Waals surface area contributed by atoms with Crippen molar-refractivity contribution >= 4 is 22.9 Å². The van der Waals surface area contributed by atoms with E-state index in [4.69, 9.17) is 15.0 Å². The predicted molar refractivity (Wildman–Crippen MR) is 148 cm³/mol. The number of benzene rings is 1. The quantitative estimate of drug-likeness (QED) is 0.412. The fraction of sp³-hybridized carbons (Fsp3) is 0.621. The van der Waals surface area contributed by atoms with E-state index in [1.54, 1.807) is 0 Å². The van der Waals surface area contributed by atoms with Crippen molar-refractivity contribution in [3.63, 3.8) is 0 Å². The highest BCUT2D eigenvalue weighted by molar-refractivity contribution is 5.84. The van der Waals surface area contributed by atoms with Gasteiger partial charge in [0.2, 0.25) is 5.95 Å². The average molecular weight is 504 g/mol. The number of hydrogen-bond acceptors (Lipinski definition) is 7. The molecule has 3 aromatic rings. The van der Waals surface area contributed by atoms with Crippen LogP contribution in [0.3, 0.4) is 0 Å². The van der Waals surface area contributed by atoms with E-state index in [-0.39, 0.29) is 6.10 Å². The van der Waals surface area contributed by atoms with Gasteiger partial charge < -0.3 is 20.3 Å². The number of aliphatic hydroxyl groups is 1. The van der Waals surface area contributed by atoms with E-state index >= 15 is 0 Å². The first kappa shape index (κ1) is 24.6. The van der Waals surface area contributed by atoms with Crippen molar-refractivity contribution in [1.29, 1.82) is 0 Å². The van der Waals surface area contributed by atoms with Gasteiger partial charge in [0.05, 0.1) is 12.4 Å². The van der Waals surface area contributed by atoms with E-state index < -0.39 is 0 Å². The van der Waals surface area contributed by atoms with Gasteiger partial charge in [-0.1, -0.05) is 49.6 Å². The lowest BCUT2D eigenvalue weighted by Crippen LogP contribution is -2.39. The lowest BCUT2D eigenvalue weighted by molar-refractivity contribution is 0.126. The minimum Gasteiger partial charge on any atom is -0.393 e. The number of fused-ring (bicyclic) bond motifs is 1. The van der Waals surface area contributed by atoms with Crippen molar-refractivity contribution in [1.82, 2.24) is 24.4 Å². The van der Waals surface area contributed by atoms with E-state index in [9.17, 15) is 5.11 Å². The summed E-state index contributed by atoms with van der Waals surface area (Å²) in [6.45, 7) is 3.17. The van der Waals surface area contributed by atoms with Gasteiger partial charge in [-0.25, -0.2) is 4.98 Å². The van der Waals surface area contributed by atoms with Crippen LogP contribution < -0.4 is 10.6 Å². The normalized spacial score (nSPS) is 24.4. The molecular weight excluding hydrogens is 462 g/mol. The molecular formula is C29H41N7O. The summed E-state index contributed by atoms with van der Waals surface area (Å²) in [6, 6.07) is 11.9. The highest BCUT2D eigenvalue weighted by atomic mass is 16.3.